The first-order valence-electron chi connectivity index (χ1n) is 10.6. The van der Waals surface area contributed by atoms with Crippen molar-refractivity contribution >= 4 is 17.3 Å². The molecule has 0 atom stereocenters. The van der Waals surface area contributed by atoms with Gasteiger partial charge in [0.2, 0.25) is 5.91 Å². The van der Waals surface area contributed by atoms with Crippen molar-refractivity contribution in [3.05, 3.63) is 100 Å². The average molecular weight is 450 g/mol. The lowest BCUT2D eigenvalue weighted by Crippen LogP contribution is -2.38. The quantitative estimate of drug-likeness (QED) is 0.338. The van der Waals surface area contributed by atoms with Crippen molar-refractivity contribution in [1.82, 2.24) is 4.90 Å². The van der Waals surface area contributed by atoms with E-state index in [4.69, 9.17) is 4.74 Å². The molecule has 1 amide bonds. The molecule has 8 nitrogen and oxygen atoms in total. The van der Waals surface area contributed by atoms with Gasteiger partial charge in [-0.25, -0.2) is 0 Å². The number of hydrogen-bond donors (Lipinski definition) is 2. The van der Waals surface area contributed by atoms with Gasteiger partial charge in [-0.15, -0.1) is 0 Å². The Kier molecular flexibility index (Phi) is 8.51. The van der Waals surface area contributed by atoms with Crippen LogP contribution >= 0.6 is 0 Å². The molecule has 33 heavy (non-hydrogen) atoms. The molecule has 0 aliphatic carbocycles. The van der Waals surface area contributed by atoms with Crippen LogP contribution in [0, 0.1) is 10.1 Å². The van der Waals surface area contributed by atoms with Crippen molar-refractivity contribution in [2.45, 2.75) is 12.5 Å². The second-order valence-electron chi connectivity index (χ2n) is 7.46. The minimum absolute atomic E-state index is 0.00456. The number of benzene rings is 3. The van der Waals surface area contributed by atoms with E-state index in [0.717, 1.165) is 11.1 Å². The van der Waals surface area contributed by atoms with Crippen LogP contribution in [0.1, 0.15) is 23.6 Å². The number of carbonyl (C=O) groups excluding carboxylic acids is 1. The maximum Gasteiger partial charge on any atom is 0.273 e. The Morgan fingerprint density at radius 3 is 2.18 bits per heavy atom. The van der Waals surface area contributed by atoms with E-state index in [9.17, 15) is 20.0 Å². The minimum Gasteiger partial charge on any atom is -0.494 e. The molecule has 172 valence electrons. The number of carbonyl (C=O) groups is 1. The topological polar surface area (TPSA) is 105 Å². The van der Waals surface area contributed by atoms with Crippen LogP contribution in [-0.2, 0) is 4.79 Å². The molecule has 0 heterocycles. The van der Waals surface area contributed by atoms with Gasteiger partial charge < -0.3 is 15.2 Å². The number of nitrogens with one attached hydrogen (secondary N) is 1. The molecule has 0 spiro atoms. The van der Waals surface area contributed by atoms with Crippen LogP contribution < -0.4 is 10.1 Å². The monoisotopic (exact) mass is 449 g/mol. The molecule has 0 aromatic heterocycles. The van der Waals surface area contributed by atoms with Crippen molar-refractivity contribution in [3.63, 3.8) is 0 Å². The fraction of sp³-hybridized carbons (Fsp3) is 0.240. The Morgan fingerprint density at radius 2 is 1.67 bits per heavy atom. The number of aliphatic hydroxyl groups excluding tert-OH is 1. The number of nitro groups is 1. The van der Waals surface area contributed by atoms with Gasteiger partial charge in [-0.05, 0) is 23.6 Å². The number of nitro benzene ring substituents is 1. The normalized spacial score (nSPS) is 10.9. The van der Waals surface area contributed by atoms with Gasteiger partial charge in [-0.2, -0.15) is 0 Å². The SMILES string of the molecule is COc1cc([N+](=O)[O-])ccc1NC(=O)CN(CCCO)C(c1ccccc1)c1ccccc1. The molecule has 0 aliphatic heterocycles. The van der Waals surface area contributed by atoms with Gasteiger partial charge in [0.05, 0.1) is 36.4 Å². The summed E-state index contributed by atoms with van der Waals surface area (Å²) in [6.45, 7) is 0.551. The number of hydrogen-bond acceptors (Lipinski definition) is 6. The van der Waals surface area contributed by atoms with Crippen molar-refractivity contribution in [1.29, 1.82) is 0 Å². The Balaban J connectivity index is 1.87. The Hall–Kier alpha value is -3.75. The zero-order valence-corrected chi connectivity index (χ0v) is 18.4. The van der Waals surface area contributed by atoms with Gasteiger partial charge in [0.15, 0.2) is 0 Å². The predicted octanol–water partition coefficient (Wildman–Crippen LogP) is 4.02. The number of nitrogens with zero attached hydrogens (tertiary/aromatic N) is 2. The second-order valence-corrected chi connectivity index (χ2v) is 7.46. The maximum absolute atomic E-state index is 13.0. The zero-order valence-electron chi connectivity index (χ0n) is 18.4. The maximum atomic E-state index is 13.0. The lowest BCUT2D eigenvalue weighted by atomic mass is 9.96. The van der Waals surface area contributed by atoms with Crippen molar-refractivity contribution in [3.8, 4) is 5.75 Å². The van der Waals surface area contributed by atoms with E-state index >= 15 is 0 Å². The summed E-state index contributed by atoms with van der Waals surface area (Å²) in [5.74, 6) is -0.0842. The molecule has 0 radical (unpaired) electrons. The summed E-state index contributed by atoms with van der Waals surface area (Å²) in [6.07, 6.45) is 0.504. The highest BCUT2D eigenvalue weighted by Crippen LogP contribution is 2.31. The smallest absolute Gasteiger partial charge is 0.273 e. The first-order chi connectivity index (χ1) is 16.0. The summed E-state index contributed by atoms with van der Waals surface area (Å²) in [5, 5.41) is 23.3. The van der Waals surface area contributed by atoms with Crippen LogP contribution in [0.3, 0.4) is 0 Å². The van der Waals surface area contributed by atoms with Crippen LogP contribution in [-0.4, -0.2) is 47.6 Å². The van der Waals surface area contributed by atoms with Gasteiger partial charge in [-0.1, -0.05) is 60.7 Å². The third-order valence-electron chi connectivity index (χ3n) is 5.22. The van der Waals surface area contributed by atoms with E-state index in [1.54, 1.807) is 0 Å². The summed E-state index contributed by atoms with van der Waals surface area (Å²) in [5.41, 5.74) is 2.29. The van der Waals surface area contributed by atoms with Gasteiger partial charge >= 0.3 is 0 Å². The third-order valence-corrected chi connectivity index (χ3v) is 5.22. The number of ether oxygens (including phenoxy) is 1. The first-order valence-corrected chi connectivity index (χ1v) is 10.6. The Labute approximate surface area is 192 Å². The van der Waals surface area contributed by atoms with Crippen LogP contribution in [0.2, 0.25) is 0 Å². The van der Waals surface area contributed by atoms with Crippen LogP contribution in [0.4, 0.5) is 11.4 Å². The molecule has 0 aliphatic rings. The average Bonchev–Trinajstić information content (AvgIpc) is 2.84. The molecular formula is C25H27N3O5. The van der Waals surface area contributed by atoms with E-state index in [1.165, 1.54) is 25.3 Å². The summed E-state index contributed by atoms with van der Waals surface area (Å²) >= 11 is 0. The molecule has 3 rings (SSSR count). The number of aliphatic hydroxyl groups is 1. The molecule has 3 aromatic carbocycles. The summed E-state index contributed by atoms with van der Waals surface area (Å²) < 4.78 is 5.23. The molecular weight excluding hydrogens is 422 g/mol. The molecule has 3 aromatic rings. The van der Waals surface area contributed by atoms with Crippen molar-refractivity contribution in [2.24, 2.45) is 0 Å². The highest BCUT2D eigenvalue weighted by atomic mass is 16.6. The fourth-order valence-electron chi connectivity index (χ4n) is 3.73. The molecule has 0 unspecified atom stereocenters. The standard InChI is InChI=1S/C25H27N3O5/c1-33-23-17-21(28(31)32)13-14-22(23)26-24(30)18-27(15-8-16-29)25(19-9-4-2-5-10-19)20-11-6-3-7-12-20/h2-7,9-14,17,25,29H,8,15-16,18H2,1H3,(H,26,30). The van der Waals surface area contributed by atoms with Crippen LogP contribution in [0.5, 0.6) is 5.75 Å². The highest BCUT2D eigenvalue weighted by molar-refractivity contribution is 5.94. The molecule has 0 saturated carbocycles. The number of methoxy groups -OCH3 is 1. The molecule has 0 bridgehead atoms. The van der Waals surface area contributed by atoms with Crippen LogP contribution in [0.15, 0.2) is 78.9 Å². The molecule has 2 N–H and O–H groups in total. The Bertz CT molecular complexity index is 1020. The largest absolute Gasteiger partial charge is 0.494 e. The highest BCUT2D eigenvalue weighted by Gasteiger charge is 2.24. The van der Waals surface area contributed by atoms with Gasteiger partial charge in [0.25, 0.3) is 5.69 Å². The summed E-state index contributed by atoms with van der Waals surface area (Å²) in [7, 11) is 1.39. The minimum atomic E-state index is -0.519. The number of amides is 1. The first kappa shape index (κ1) is 23.9. The third kappa shape index (κ3) is 6.38. The van der Waals surface area contributed by atoms with Gasteiger partial charge in [0.1, 0.15) is 5.75 Å². The van der Waals surface area contributed by atoms with E-state index in [1.807, 2.05) is 65.6 Å². The zero-order chi connectivity index (χ0) is 23.6. The number of non-ortho nitro benzene ring substituents is 1. The van der Waals surface area contributed by atoms with E-state index in [2.05, 4.69) is 5.32 Å². The molecule has 8 heteroatoms. The van der Waals surface area contributed by atoms with E-state index in [-0.39, 0.29) is 36.5 Å². The number of anilines is 1. The van der Waals surface area contributed by atoms with E-state index < -0.39 is 4.92 Å². The van der Waals surface area contributed by atoms with Gasteiger partial charge in [-0.3, -0.25) is 19.8 Å². The molecule has 0 fully saturated rings. The Morgan fingerprint density at radius 1 is 1.06 bits per heavy atom. The lowest BCUT2D eigenvalue weighted by Gasteiger charge is -2.32. The second kappa shape index (κ2) is 11.8. The van der Waals surface area contributed by atoms with Gasteiger partial charge in [0, 0.05) is 19.2 Å². The fourth-order valence-corrected chi connectivity index (χ4v) is 3.73. The lowest BCUT2D eigenvalue weighted by molar-refractivity contribution is -0.384. The van der Waals surface area contributed by atoms with Crippen molar-refractivity contribution < 1.29 is 19.6 Å². The summed E-state index contributed by atoms with van der Waals surface area (Å²) in [6, 6.07) is 23.6. The van der Waals surface area contributed by atoms with Crippen LogP contribution in [0.25, 0.3) is 0 Å². The van der Waals surface area contributed by atoms with Crippen molar-refractivity contribution in [2.75, 3.05) is 32.1 Å². The molecule has 0 saturated heterocycles. The summed E-state index contributed by atoms with van der Waals surface area (Å²) in [4.78, 5) is 25.6. The predicted molar refractivity (Wildman–Crippen MR) is 126 cm³/mol. The number of rotatable bonds is 11. The van der Waals surface area contributed by atoms with E-state index in [0.29, 0.717) is 18.7 Å².